The minimum atomic E-state index is 0.246. The summed E-state index contributed by atoms with van der Waals surface area (Å²) in [4.78, 5) is 13.6. The first-order valence-corrected chi connectivity index (χ1v) is 8.77. The smallest absolute Gasteiger partial charge is 0.196 e. The SMILES string of the molecule is Cc1cc(-c2cnc(N)c(-n3c[c]cn3)n2)cc2c1C1(CN=C2)CC1C. The Morgan fingerprint density at radius 3 is 2.92 bits per heavy atom. The van der Waals surface area contributed by atoms with Crippen molar-refractivity contribution in [2.45, 2.75) is 25.7 Å². The fourth-order valence-electron chi connectivity index (χ4n) is 4.23. The van der Waals surface area contributed by atoms with Crippen LogP contribution >= 0.6 is 0 Å². The summed E-state index contributed by atoms with van der Waals surface area (Å²) in [7, 11) is 0. The Morgan fingerprint density at radius 1 is 1.35 bits per heavy atom. The third-order valence-corrected chi connectivity index (χ3v) is 5.67. The molecule has 3 heterocycles. The highest BCUT2D eigenvalue weighted by Gasteiger charge is 2.54. The fourth-order valence-corrected chi connectivity index (χ4v) is 4.23. The maximum absolute atomic E-state index is 5.99. The molecule has 6 heteroatoms. The molecule has 1 spiro atoms. The van der Waals surface area contributed by atoms with Crippen LogP contribution in [0.15, 0.2) is 35.7 Å². The molecule has 2 aromatic heterocycles. The molecule has 6 nitrogen and oxygen atoms in total. The fraction of sp³-hybridized carbons (Fsp3) is 0.300. The van der Waals surface area contributed by atoms with E-state index in [9.17, 15) is 0 Å². The van der Waals surface area contributed by atoms with Gasteiger partial charge in [-0.05, 0) is 48.1 Å². The van der Waals surface area contributed by atoms with E-state index >= 15 is 0 Å². The summed E-state index contributed by atoms with van der Waals surface area (Å²) in [5.41, 5.74) is 12.0. The summed E-state index contributed by atoms with van der Waals surface area (Å²) in [6.07, 6.45) is 8.19. The van der Waals surface area contributed by atoms with Gasteiger partial charge in [0.05, 0.1) is 18.1 Å². The molecule has 1 aliphatic carbocycles. The van der Waals surface area contributed by atoms with Gasteiger partial charge in [0.1, 0.15) is 0 Å². The molecule has 2 aliphatic rings. The highest BCUT2D eigenvalue weighted by atomic mass is 15.3. The van der Waals surface area contributed by atoms with E-state index < -0.39 is 0 Å². The highest BCUT2D eigenvalue weighted by Crippen LogP contribution is 2.57. The van der Waals surface area contributed by atoms with E-state index in [0.717, 1.165) is 17.8 Å². The van der Waals surface area contributed by atoms with Gasteiger partial charge in [0, 0.05) is 36.0 Å². The van der Waals surface area contributed by atoms with Crippen molar-refractivity contribution in [2.75, 3.05) is 12.3 Å². The molecule has 1 radical (unpaired) electrons. The summed E-state index contributed by atoms with van der Waals surface area (Å²) >= 11 is 0. The molecule has 1 aliphatic heterocycles. The molecule has 26 heavy (non-hydrogen) atoms. The van der Waals surface area contributed by atoms with Gasteiger partial charge in [-0.1, -0.05) is 6.92 Å². The van der Waals surface area contributed by atoms with E-state index in [0.29, 0.717) is 17.6 Å². The molecule has 2 atom stereocenters. The molecular formula is C20H19N6. The van der Waals surface area contributed by atoms with Crippen LogP contribution < -0.4 is 5.73 Å². The van der Waals surface area contributed by atoms with E-state index in [1.165, 1.54) is 23.1 Å². The van der Waals surface area contributed by atoms with Crippen LogP contribution in [0.1, 0.15) is 30.0 Å². The average Bonchev–Trinajstić information content (AvgIpc) is 3.03. The quantitative estimate of drug-likeness (QED) is 0.775. The van der Waals surface area contributed by atoms with Gasteiger partial charge < -0.3 is 5.73 Å². The molecule has 1 fully saturated rings. The number of rotatable bonds is 2. The molecule has 1 aromatic carbocycles. The first-order chi connectivity index (χ1) is 12.6. The summed E-state index contributed by atoms with van der Waals surface area (Å²) in [6, 6.07) is 7.26. The molecule has 5 rings (SSSR count). The lowest BCUT2D eigenvalue weighted by Gasteiger charge is -2.25. The molecule has 3 aromatic rings. The van der Waals surface area contributed by atoms with Crippen LogP contribution in [0.3, 0.4) is 0 Å². The van der Waals surface area contributed by atoms with Crippen molar-refractivity contribution in [3.8, 4) is 17.1 Å². The topological polar surface area (TPSA) is 82.0 Å². The third-order valence-electron chi connectivity index (χ3n) is 5.67. The Kier molecular flexibility index (Phi) is 3.07. The van der Waals surface area contributed by atoms with Gasteiger partial charge in [0.25, 0.3) is 0 Å². The van der Waals surface area contributed by atoms with Crippen molar-refractivity contribution >= 4 is 12.0 Å². The summed E-state index contributed by atoms with van der Waals surface area (Å²) in [5.74, 6) is 1.55. The van der Waals surface area contributed by atoms with E-state index in [4.69, 9.17) is 10.7 Å². The van der Waals surface area contributed by atoms with Crippen LogP contribution in [0, 0.1) is 18.9 Å². The molecule has 0 bridgehead atoms. The molecule has 2 N–H and O–H groups in total. The summed E-state index contributed by atoms with van der Waals surface area (Å²) in [6.45, 7) is 5.40. The third kappa shape index (κ3) is 2.11. The minimum Gasteiger partial charge on any atom is -0.381 e. The molecule has 129 valence electrons. The molecule has 1 saturated carbocycles. The number of fused-ring (bicyclic) bond motifs is 2. The second-order valence-electron chi connectivity index (χ2n) is 7.34. The van der Waals surface area contributed by atoms with E-state index in [2.05, 4.69) is 47.1 Å². The Hall–Kier alpha value is -3.02. The van der Waals surface area contributed by atoms with Crippen molar-refractivity contribution in [1.82, 2.24) is 19.7 Å². The number of aromatic nitrogens is 4. The number of hydrogen-bond donors (Lipinski definition) is 1. The first-order valence-electron chi connectivity index (χ1n) is 8.77. The lowest BCUT2D eigenvalue weighted by Crippen LogP contribution is -2.22. The van der Waals surface area contributed by atoms with Crippen LogP contribution in [0.4, 0.5) is 5.82 Å². The Labute approximate surface area is 151 Å². The van der Waals surface area contributed by atoms with Crippen LogP contribution in [0.5, 0.6) is 0 Å². The maximum Gasteiger partial charge on any atom is 0.196 e. The van der Waals surface area contributed by atoms with Crippen LogP contribution in [0.25, 0.3) is 17.1 Å². The zero-order valence-electron chi connectivity index (χ0n) is 14.8. The normalized spacial score (nSPS) is 23.2. The van der Waals surface area contributed by atoms with Crippen molar-refractivity contribution in [1.29, 1.82) is 0 Å². The molecular weight excluding hydrogens is 324 g/mol. The van der Waals surface area contributed by atoms with Crippen LogP contribution in [-0.4, -0.2) is 32.5 Å². The number of aliphatic imine (C=N–C) groups is 1. The first kappa shape index (κ1) is 15.3. The van der Waals surface area contributed by atoms with Crippen molar-refractivity contribution in [2.24, 2.45) is 10.9 Å². The van der Waals surface area contributed by atoms with Gasteiger partial charge in [-0.25, -0.2) is 14.6 Å². The minimum absolute atomic E-state index is 0.246. The molecule has 2 unspecified atom stereocenters. The van der Waals surface area contributed by atoms with E-state index in [1.807, 2.05) is 6.21 Å². The lowest BCUT2D eigenvalue weighted by molar-refractivity contribution is 0.631. The van der Waals surface area contributed by atoms with Crippen molar-refractivity contribution < 1.29 is 0 Å². The Morgan fingerprint density at radius 2 is 2.19 bits per heavy atom. The summed E-state index contributed by atoms with van der Waals surface area (Å²) < 4.78 is 1.58. The number of nitrogen functional groups attached to an aromatic ring is 1. The zero-order chi connectivity index (χ0) is 17.9. The van der Waals surface area contributed by atoms with Gasteiger partial charge in [0.2, 0.25) is 0 Å². The maximum atomic E-state index is 5.99. The van der Waals surface area contributed by atoms with Gasteiger partial charge in [-0.3, -0.25) is 4.99 Å². The summed E-state index contributed by atoms with van der Waals surface area (Å²) in [5, 5.41) is 4.16. The lowest BCUT2D eigenvalue weighted by atomic mass is 9.83. The molecule has 0 saturated heterocycles. The van der Waals surface area contributed by atoms with E-state index in [-0.39, 0.29) is 5.41 Å². The number of nitrogens with zero attached hydrogens (tertiary/aromatic N) is 5. The monoisotopic (exact) mass is 343 g/mol. The largest absolute Gasteiger partial charge is 0.381 e. The standard InChI is InChI=1S/C20H19N6/c1-12-6-14(7-15-9-22-11-20(17(12)15)8-13(20)2)16-10-23-18(21)19(25-16)26-5-3-4-24-26/h4-7,9-10,13H,8,11H2,1-2H3,(H2,21,23). The highest BCUT2D eigenvalue weighted by molar-refractivity contribution is 5.88. The zero-order valence-corrected chi connectivity index (χ0v) is 14.8. The Bertz CT molecular complexity index is 1040. The van der Waals surface area contributed by atoms with Gasteiger partial charge in [-0.15, -0.1) is 0 Å². The average molecular weight is 343 g/mol. The number of hydrogen-bond acceptors (Lipinski definition) is 5. The van der Waals surface area contributed by atoms with Crippen LogP contribution in [-0.2, 0) is 5.41 Å². The van der Waals surface area contributed by atoms with Crippen molar-refractivity contribution in [3.63, 3.8) is 0 Å². The van der Waals surface area contributed by atoms with Gasteiger partial charge in [0.15, 0.2) is 11.6 Å². The van der Waals surface area contributed by atoms with Crippen molar-refractivity contribution in [3.05, 3.63) is 53.5 Å². The second-order valence-corrected chi connectivity index (χ2v) is 7.34. The predicted molar refractivity (Wildman–Crippen MR) is 100 cm³/mol. The number of nitrogens with two attached hydrogens (primary N) is 1. The number of anilines is 1. The number of benzene rings is 1. The Balaban J connectivity index is 1.64. The van der Waals surface area contributed by atoms with Crippen LogP contribution in [0.2, 0.25) is 0 Å². The second kappa shape index (κ2) is 5.24. The molecule has 0 amide bonds. The van der Waals surface area contributed by atoms with Gasteiger partial charge >= 0.3 is 0 Å². The predicted octanol–water partition coefficient (Wildman–Crippen LogP) is 2.73. The van der Waals surface area contributed by atoms with E-state index in [1.54, 1.807) is 23.3 Å². The van der Waals surface area contributed by atoms with Gasteiger partial charge in [-0.2, -0.15) is 5.10 Å². The number of aryl methyl sites for hydroxylation is 1.